The van der Waals surface area contributed by atoms with E-state index >= 15 is 0 Å². The summed E-state index contributed by atoms with van der Waals surface area (Å²) >= 11 is 1.67. The maximum atomic E-state index is 4.39. The number of thiazole rings is 1. The van der Waals surface area contributed by atoms with Crippen molar-refractivity contribution in [2.75, 3.05) is 19.6 Å². The zero-order valence-corrected chi connectivity index (χ0v) is 11.1. The molecule has 1 aromatic carbocycles. The van der Waals surface area contributed by atoms with E-state index in [0.717, 1.165) is 26.2 Å². The van der Waals surface area contributed by atoms with Crippen LogP contribution < -0.4 is 5.32 Å². The Hall–Kier alpha value is -1.23. The highest BCUT2D eigenvalue weighted by molar-refractivity contribution is 7.07. The molecular formula is C14H17N3S. The van der Waals surface area contributed by atoms with Gasteiger partial charge in [-0.15, -0.1) is 11.3 Å². The third-order valence-electron chi connectivity index (χ3n) is 3.39. The maximum absolute atomic E-state index is 4.39. The van der Waals surface area contributed by atoms with E-state index in [-0.39, 0.29) is 0 Å². The normalized spacial score (nSPS) is 21.0. The Kier molecular flexibility index (Phi) is 3.69. The van der Waals surface area contributed by atoms with Gasteiger partial charge >= 0.3 is 0 Å². The molecule has 1 unspecified atom stereocenters. The summed E-state index contributed by atoms with van der Waals surface area (Å²) in [5.74, 6) is 0. The third kappa shape index (κ3) is 2.61. The van der Waals surface area contributed by atoms with Crippen LogP contribution in [0.2, 0.25) is 0 Å². The zero-order valence-electron chi connectivity index (χ0n) is 10.2. The molecule has 3 nitrogen and oxygen atoms in total. The first-order chi connectivity index (χ1) is 8.93. The highest BCUT2D eigenvalue weighted by Gasteiger charge is 2.23. The van der Waals surface area contributed by atoms with E-state index in [0.29, 0.717) is 6.04 Å². The van der Waals surface area contributed by atoms with Crippen molar-refractivity contribution in [2.24, 2.45) is 0 Å². The monoisotopic (exact) mass is 259 g/mol. The largest absolute Gasteiger partial charge is 0.314 e. The lowest BCUT2D eigenvalue weighted by Crippen LogP contribution is -2.45. The molecule has 1 aromatic heterocycles. The van der Waals surface area contributed by atoms with Gasteiger partial charge in [0, 0.05) is 37.6 Å². The number of nitrogens with zero attached hydrogens (tertiary/aromatic N) is 2. The molecule has 3 rings (SSSR count). The van der Waals surface area contributed by atoms with E-state index in [4.69, 9.17) is 0 Å². The highest BCUT2D eigenvalue weighted by Crippen LogP contribution is 2.23. The molecule has 0 amide bonds. The fourth-order valence-electron chi connectivity index (χ4n) is 2.46. The Morgan fingerprint density at radius 3 is 3.00 bits per heavy atom. The van der Waals surface area contributed by atoms with Crippen LogP contribution in [0.25, 0.3) is 0 Å². The molecule has 1 fully saturated rings. The van der Waals surface area contributed by atoms with Crippen molar-refractivity contribution in [3.8, 4) is 0 Å². The van der Waals surface area contributed by atoms with Crippen molar-refractivity contribution in [1.82, 2.24) is 15.2 Å². The summed E-state index contributed by atoms with van der Waals surface area (Å²) in [6, 6.07) is 11.2. The van der Waals surface area contributed by atoms with Gasteiger partial charge in [-0.2, -0.15) is 0 Å². The Morgan fingerprint density at radius 1 is 1.33 bits per heavy atom. The molecule has 18 heavy (non-hydrogen) atoms. The molecule has 0 radical (unpaired) electrons. The Labute approximate surface area is 111 Å². The van der Waals surface area contributed by atoms with E-state index in [1.807, 2.05) is 5.51 Å². The van der Waals surface area contributed by atoms with Gasteiger partial charge in [0.2, 0.25) is 0 Å². The SMILES string of the molecule is c1ccc(C2CNCCN2Cc2cscn2)cc1. The van der Waals surface area contributed by atoms with Gasteiger partial charge in [-0.05, 0) is 5.56 Å². The van der Waals surface area contributed by atoms with E-state index in [1.165, 1.54) is 11.3 Å². The number of aromatic nitrogens is 1. The molecule has 1 aliphatic rings. The van der Waals surface area contributed by atoms with Crippen molar-refractivity contribution in [1.29, 1.82) is 0 Å². The summed E-state index contributed by atoms with van der Waals surface area (Å²) in [7, 11) is 0. The van der Waals surface area contributed by atoms with E-state index in [2.05, 4.69) is 50.9 Å². The van der Waals surface area contributed by atoms with Gasteiger partial charge in [0.1, 0.15) is 0 Å². The number of rotatable bonds is 3. The minimum Gasteiger partial charge on any atom is -0.314 e. The lowest BCUT2D eigenvalue weighted by molar-refractivity contribution is 0.152. The Morgan fingerprint density at radius 2 is 2.22 bits per heavy atom. The maximum Gasteiger partial charge on any atom is 0.0795 e. The van der Waals surface area contributed by atoms with Gasteiger partial charge in [-0.25, -0.2) is 4.98 Å². The summed E-state index contributed by atoms with van der Waals surface area (Å²) in [5.41, 5.74) is 4.48. The smallest absolute Gasteiger partial charge is 0.0795 e. The molecule has 1 saturated heterocycles. The van der Waals surface area contributed by atoms with Crippen LogP contribution in [0.5, 0.6) is 0 Å². The molecule has 1 N–H and O–H groups in total. The van der Waals surface area contributed by atoms with Crippen molar-refractivity contribution >= 4 is 11.3 Å². The van der Waals surface area contributed by atoms with Crippen LogP contribution >= 0.6 is 11.3 Å². The first-order valence-electron chi connectivity index (χ1n) is 6.30. The van der Waals surface area contributed by atoms with Crippen LogP contribution in [0.1, 0.15) is 17.3 Å². The second-order valence-electron chi connectivity index (χ2n) is 4.58. The fraction of sp³-hybridized carbons (Fsp3) is 0.357. The van der Waals surface area contributed by atoms with Gasteiger partial charge in [-0.1, -0.05) is 30.3 Å². The van der Waals surface area contributed by atoms with Crippen LogP contribution in [0, 0.1) is 0 Å². The summed E-state index contributed by atoms with van der Waals surface area (Å²) in [6.07, 6.45) is 0. The van der Waals surface area contributed by atoms with E-state index < -0.39 is 0 Å². The fourth-order valence-corrected chi connectivity index (χ4v) is 3.01. The molecule has 4 heteroatoms. The van der Waals surface area contributed by atoms with Crippen LogP contribution in [0.4, 0.5) is 0 Å². The molecule has 0 saturated carbocycles. The molecule has 1 aliphatic heterocycles. The molecule has 2 aromatic rings. The summed E-state index contributed by atoms with van der Waals surface area (Å²) in [4.78, 5) is 6.91. The predicted molar refractivity (Wildman–Crippen MR) is 74.6 cm³/mol. The lowest BCUT2D eigenvalue weighted by atomic mass is 10.0. The van der Waals surface area contributed by atoms with Crippen molar-refractivity contribution in [3.05, 3.63) is 52.5 Å². The van der Waals surface area contributed by atoms with Crippen molar-refractivity contribution in [2.45, 2.75) is 12.6 Å². The van der Waals surface area contributed by atoms with E-state index in [1.54, 1.807) is 11.3 Å². The minimum absolute atomic E-state index is 0.460. The Balaban J connectivity index is 1.78. The van der Waals surface area contributed by atoms with Crippen LogP contribution in [-0.2, 0) is 6.54 Å². The van der Waals surface area contributed by atoms with Crippen LogP contribution in [0.3, 0.4) is 0 Å². The highest BCUT2D eigenvalue weighted by atomic mass is 32.1. The molecule has 0 bridgehead atoms. The number of benzene rings is 1. The first-order valence-corrected chi connectivity index (χ1v) is 7.24. The van der Waals surface area contributed by atoms with Crippen LogP contribution in [-0.4, -0.2) is 29.5 Å². The minimum atomic E-state index is 0.460. The number of nitrogens with one attached hydrogen (secondary N) is 1. The van der Waals surface area contributed by atoms with Gasteiger partial charge < -0.3 is 5.32 Å². The standard InChI is InChI=1S/C14H17N3S/c1-2-4-12(5-3-1)14-8-15-6-7-17(14)9-13-10-18-11-16-13/h1-5,10-11,14-15H,6-9H2. The lowest BCUT2D eigenvalue weighted by Gasteiger charge is -2.36. The molecule has 94 valence electrons. The van der Waals surface area contributed by atoms with Crippen molar-refractivity contribution in [3.63, 3.8) is 0 Å². The number of hydrogen-bond acceptors (Lipinski definition) is 4. The second-order valence-corrected chi connectivity index (χ2v) is 5.30. The molecule has 1 atom stereocenters. The topological polar surface area (TPSA) is 28.2 Å². The number of piperazine rings is 1. The number of hydrogen-bond donors (Lipinski definition) is 1. The second kappa shape index (κ2) is 5.61. The summed E-state index contributed by atoms with van der Waals surface area (Å²) in [6.45, 7) is 4.11. The summed E-state index contributed by atoms with van der Waals surface area (Å²) < 4.78 is 0. The molecular weight excluding hydrogens is 242 g/mol. The van der Waals surface area contributed by atoms with E-state index in [9.17, 15) is 0 Å². The zero-order chi connectivity index (χ0) is 12.2. The average Bonchev–Trinajstić information content (AvgIpc) is 2.93. The van der Waals surface area contributed by atoms with Crippen LogP contribution in [0.15, 0.2) is 41.2 Å². The molecule has 2 heterocycles. The van der Waals surface area contributed by atoms with Crippen molar-refractivity contribution < 1.29 is 0 Å². The van der Waals surface area contributed by atoms with Gasteiger partial charge in [-0.3, -0.25) is 4.90 Å². The van der Waals surface area contributed by atoms with Gasteiger partial charge in [0.05, 0.1) is 11.2 Å². The Bertz CT molecular complexity index is 469. The van der Waals surface area contributed by atoms with Gasteiger partial charge in [0.15, 0.2) is 0 Å². The summed E-state index contributed by atoms with van der Waals surface area (Å²) in [5, 5.41) is 5.63. The first kappa shape index (κ1) is 11.8. The molecule has 0 spiro atoms. The van der Waals surface area contributed by atoms with Gasteiger partial charge in [0.25, 0.3) is 0 Å². The molecule has 0 aliphatic carbocycles. The predicted octanol–water partition coefficient (Wildman–Crippen LogP) is 2.29. The average molecular weight is 259 g/mol. The quantitative estimate of drug-likeness (QED) is 0.916. The third-order valence-corrected chi connectivity index (χ3v) is 4.02.